The van der Waals surface area contributed by atoms with Gasteiger partial charge in [0.2, 0.25) is 0 Å². The molecule has 0 heterocycles. The van der Waals surface area contributed by atoms with Crippen molar-refractivity contribution in [3.05, 3.63) is 63.4 Å². The normalized spacial score (nSPS) is 12.1. The van der Waals surface area contributed by atoms with Gasteiger partial charge in [0.15, 0.2) is 5.75 Å². The van der Waals surface area contributed by atoms with E-state index in [1.165, 1.54) is 31.4 Å². The summed E-state index contributed by atoms with van der Waals surface area (Å²) in [4.78, 5) is 14.3. The fraction of sp³-hybridized carbons (Fsp3) is 0.278. The van der Waals surface area contributed by atoms with Crippen LogP contribution in [0.2, 0.25) is 10.0 Å². The molecule has 0 bridgehead atoms. The number of amides is 1. The number of rotatable bonds is 6. The predicted octanol–water partition coefficient (Wildman–Crippen LogP) is 4.17. The van der Waals surface area contributed by atoms with Crippen molar-refractivity contribution < 1.29 is 13.9 Å². The molecule has 1 atom stereocenters. The van der Waals surface area contributed by atoms with E-state index in [0.717, 1.165) is 5.56 Å². The first-order valence-corrected chi connectivity index (χ1v) is 8.32. The van der Waals surface area contributed by atoms with Gasteiger partial charge in [-0.2, -0.15) is 0 Å². The molecule has 0 aliphatic rings. The van der Waals surface area contributed by atoms with Gasteiger partial charge < -0.3 is 15.0 Å². The number of hydrogen-bond donors (Lipinski definition) is 1. The van der Waals surface area contributed by atoms with Crippen molar-refractivity contribution in [3.63, 3.8) is 0 Å². The van der Waals surface area contributed by atoms with Gasteiger partial charge in [0.25, 0.3) is 5.91 Å². The average Bonchev–Trinajstić information content (AvgIpc) is 2.54. The van der Waals surface area contributed by atoms with Crippen molar-refractivity contribution in [1.29, 1.82) is 0 Å². The van der Waals surface area contributed by atoms with Gasteiger partial charge >= 0.3 is 0 Å². The van der Waals surface area contributed by atoms with Crippen LogP contribution in [0.3, 0.4) is 0 Å². The van der Waals surface area contributed by atoms with Crippen molar-refractivity contribution >= 4 is 29.1 Å². The van der Waals surface area contributed by atoms with Gasteiger partial charge in [-0.15, -0.1) is 0 Å². The maximum atomic E-state index is 13.5. The highest BCUT2D eigenvalue weighted by Gasteiger charge is 2.18. The number of carbonyl (C=O) groups is 1. The molecular formula is C18H19Cl2FN2O2. The zero-order valence-electron chi connectivity index (χ0n) is 14.1. The highest BCUT2D eigenvalue weighted by Crippen LogP contribution is 2.33. The first-order valence-electron chi connectivity index (χ1n) is 7.56. The number of likely N-dealkylation sites (N-methyl/N-ethyl adjacent to an activating group) is 1. The largest absolute Gasteiger partial charge is 0.494 e. The van der Waals surface area contributed by atoms with Crippen LogP contribution in [0.5, 0.6) is 5.75 Å². The van der Waals surface area contributed by atoms with Crippen molar-refractivity contribution in [2.75, 3.05) is 27.7 Å². The van der Waals surface area contributed by atoms with Gasteiger partial charge in [0.05, 0.1) is 23.2 Å². The Balaban J connectivity index is 2.14. The van der Waals surface area contributed by atoms with Crippen molar-refractivity contribution in [2.45, 2.75) is 6.04 Å². The van der Waals surface area contributed by atoms with E-state index in [1.54, 1.807) is 6.07 Å². The minimum Gasteiger partial charge on any atom is -0.494 e. The molecule has 0 fully saturated rings. The molecule has 4 nitrogen and oxygen atoms in total. The molecule has 1 N–H and O–H groups in total. The standard InChI is InChI=1S/C18H19Cl2FN2O2/c1-23(2)16(11-5-4-6-13(21)7-11)10-22-18(24)12-8-14(19)17(25-3)15(20)9-12/h4-9,16H,10H2,1-3H3,(H,22,24)/t16-/m1/s1. The first-order chi connectivity index (χ1) is 11.8. The van der Waals surface area contributed by atoms with E-state index in [2.05, 4.69) is 5.32 Å². The van der Waals surface area contributed by atoms with Gasteiger partial charge in [-0.05, 0) is 43.9 Å². The summed E-state index contributed by atoms with van der Waals surface area (Å²) in [5.74, 6) is -0.315. The van der Waals surface area contributed by atoms with Crippen LogP contribution in [0, 0.1) is 5.82 Å². The summed E-state index contributed by atoms with van der Waals surface area (Å²) in [6, 6.07) is 9.12. The fourth-order valence-corrected chi connectivity index (χ4v) is 3.13. The number of carbonyl (C=O) groups excluding carboxylic acids is 1. The molecule has 134 valence electrons. The second kappa shape index (κ2) is 8.52. The third-order valence-corrected chi connectivity index (χ3v) is 4.34. The molecule has 0 spiro atoms. The van der Waals surface area contributed by atoms with Crippen LogP contribution in [0.1, 0.15) is 22.0 Å². The Morgan fingerprint density at radius 1 is 1.24 bits per heavy atom. The van der Waals surface area contributed by atoms with Crippen molar-refractivity contribution in [3.8, 4) is 5.75 Å². The summed E-state index contributed by atoms with van der Waals surface area (Å²) in [5, 5.41) is 3.35. The summed E-state index contributed by atoms with van der Waals surface area (Å²) in [6.07, 6.45) is 0. The Hall–Kier alpha value is -1.82. The number of benzene rings is 2. The summed E-state index contributed by atoms with van der Waals surface area (Å²) >= 11 is 12.1. The molecule has 2 rings (SSSR count). The van der Waals surface area contributed by atoms with E-state index in [0.29, 0.717) is 17.9 Å². The minimum atomic E-state index is -0.324. The third-order valence-electron chi connectivity index (χ3n) is 3.78. The lowest BCUT2D eigenvalue weighted by atomic mass is 10.1. The number of ether oxygens (including phenoxy) is 1. The molecule has 0 saturated carbocycles. The number of hydrogen-bond acceptors (Lipinski definition) is 3. The molecule has 2 aromatic rings. The summed E-state index contributed by atoms with van der Waals surface area (Å²) in [6.45, 7) is 0.302. The van der Waals surface area contributed by atoms with E-state index < -0.39 is 0 Å². The average molecular weight is 385 g/mol. The lowest BCUT2D eigenvalue weighted by Gasteiger charge is -2.25. The van der Waals surface area contributed by atoms with E-state index in [1.807, 2.05) is 25.1 Å². The van der Waals surface area contributed by atoms with Gasteiger partial charge in [-0.1, -0.05) is 35.3 Å². The second-order valence-corrected chi connectivity index (χ2v) is 6.53. The van der Waals surface area contributed by atoms with Gasteiger partial charge in [-0.25, -0.2) is 4.39 Å². The zero-order valence-corrected chi connectivity index (χ0v) is 15.7. The van der Waals surface area contributed by atoms with E-state index in [-0.39, 0.29) is 27.8 Å². The van der Waals surface area contributed by atoms with Crippen LogP contribution in [-0.2, 0) is 0 Å². The number of nitrogens with one attached hydrogen (secondary N) is 1. The first kappa shape index (κ1) is 19.5. The van der Waals surface area contributed by atoms with Crippen LogP contribution in [-0.4, -0.2) is 38.6 Å². The maximum Gasteiger partial charge on any atom is 0.251 e. The number of halogens is 3. The summed E-state index contributed by atoms with van der Waals surface area (Å²) in [7, 11) is 5.18. The van der Waals surface area contributed by atoms with E-state index >= 15 is 0 Å². The third kappa shape index (κ3) is 4.84. The quantitative estimate of drug-likeness (QED) is 0.812. The highest BCUT2D eigenvalue weighted by molar-refractivity contribution is 6.37. The van der Waals surface area contributed by atoms with Crippen LogP contribution in [0.4, 0.5) is 4.39 Å². The van der Waals surface area contributed by atoms with Crippen LogP contribution in [0.25, 0.3) is 0 Å². The molecule has 1 amide bonds. The monoisotopic (exact) mass is 384 g/mol. The molecule has 0 aliphatic heterocycles. The number of nitrogens with zero attached hydrogens (tertiary/aromatic N) is 1. The smallest absolute Gasteiger partial charge is 0.251 e. The Morgan fingerprint density at radius 2 is 1.88 bits per heavy atom. The molecule has 0 aliphatic carbocycles. The predicted molar refractivity (Wildman–Crippen MR) is 98.2 cm³/mol. The molecule has 0 aromatic heterocycles. The summed E-state index contributed by atoms with van der Waals surface area (Å²) in [5.41, 5.74) is 1.10. The molecule has 2 aromatic carbocycles. The van der Waals surface area contributed by atoms with Gasteiger partial charge in [0.1, 0.15) is 5.82 Å². The van der Waals surface area contributed by atoms with Crippen LogP contribution in [0.15, 0.2) is 36.4 Å². The number of methoxy groups -OCH3 is 1. The van der Waals surface area contributed by atoms with Crippen molar-refractivity contribution in [2.24, 2.45) is 0 Å². The Bertz CT molecular complexity index is 745. The molecule has 7 heteroatoms. The Labute approximate surface area is 156 Å². The fourth-order valence-electron chi connectivity index (χ4n) is 2.49. The molecule has 25 heavy (non-hydrogen) atoms. The molecule has 0 saturated heterocycles. The summed E-state index contributed by atoms with van der Waals surface area (Å²) < 4.78 is 18.5. The highest BCUT2D eigenvalue weighted by atomic mass is 35.5. The molecular weight excluding hydrogens is 366 g/mol. The van der Waals surface area contributed by atoms with Gasteiger partial charge in [0, 0.05) is 12.1 Å². The minimum absolute atomic E-state index is 0.177. The van der Waals surface area contributed by atoms with E-state index in [9.17, 15) is 9.18 Å². The topological polar surface area (TPSA) is 41.6 Å². The Morgan fingerprint density at radius 3 is 2.40 bits per heavy atom. The SMILES string of the molecule is COc1c(Cl)cc(C(=O)NC[C@H](c2cccc(F)c2)N(C)C)cc1Cl. The van der Waals surface area contributed by atoms with E-state index in [4.69, 9.17) is 27.9 Å². The molecule has 0 radical (unpaired) electrons. The lowest BCUT2D eigenvalue weighted by Crippen LogP contribution is -2.34. The zero-order chi connectivity index (χ0) is 18.6. The second-order valence-electron chi connectivity index (χ2n) is 5.72. The van der Waals surface area contributed by atoms with Crippen LogP contribution < -0.4 is 10.1 Å². The van der Waals surface area contributed by atoms with Gasteiger partial charge in [-0.3, -0.25) is 4.79 Å². The molecule has 0 unspecified atom stereocenters. The Kier molecular flexibility index (Phi) is 6.64. The van der Waals surface area contributed by atoms with Crippen LogP contribution >= 0.6 is 23.2 Å². The lowest BCUT2D eigenvalue weighted by molar-refractivity contribution is 0.0942. The maximum absolute atomic E-state index is 13.5. The van der Waals surface area contributed by atoms with Crippen molar-refractivity contribution in [1.82, 2.24) is 10.2 Å².